The van der Waals surface area contributed by atoms with Gasteiger partial charge in [-0.05, 0) is 37.3 Å². The predicted molar refractivity (Wildman–Crippen MR) is 87.6 cm³/mol. The number of benzene rings is 1. The topological polar surface area (TPSA) is 58.4 Å². The van der Waals surface area contributed by atoms with Crippen molar-refractivity contribution >= 4 is 29.0 Å². The first-order chi connectivity index (χ1) is 9.47. The number of hydrogen-bond donors (Lipinski definition) is 2. The molecule has 0 aromatic heterocycles. The number of nitrogens with one attached hydrogen (secondary N) is 1. The van der Waals surface area contributed by atoms with Crippen LogP contribution in [-0.4, -0.2) is 37.6 Å². The Kier molecular flexibility index (Phi) is 4.48. The Labute approximate surface area is 125 Å². The largest absolute Gasteiger partial charge is 0.397 e. The quantitative estimate of drug-likeness (QED) is 0.818. The van der Waals surface area contributed by atoms with Gasteiger partial charge in [-0.25, -0.2) is 0 Å². The molecule has 1 aromatic carbocycles. The van der Waals surface area contributed by atoms with Gasteiger partial charge in [-0.15, -0.1) is 0 Å². The van der Waals surface area contributed by atoms with E-state index in [9.17, 15) is 4.79 Å². The monoisotopic (exact) mass is 293 g/mol. The number of rotatable bonds is 5. The molecule has 1 aliphatic rings. The summed E-state index contributed by atoms with van der Waals surface area (Å²) in [6, 6.07) is 5.46. The number of nitrogen functional groups attached to an aromatic ring is 1. The first kappa shape index (κ1) is 15.0. The zero-order valence-electron chi connectivity index (χ0n) is 12.4. The molecular formula is C15H23N3OS. The van der Waals surface area contributed by atoms with E-state index in [-0.39, 0.29) is 10.7 Å². The van der Waals surface area contributed by atoms with Gasteiger partial charge < -0.3 is 16.0 Å². The summed E-state index contributed by atoms with van der Waals surface area (Å²) < 4.78 is 0.255. The summed E-state index contributed by atoms with van der Waals surface area (Å²) in [5.41, 5.74) is 8.17. The summed E-state index contributed by atoms with van der Waals surface area (Å²) >= 11 is 1.86. The minimum absolute atomic E-state index is 0.0395. The van der Waals surface area contributed by atoms with Gasteiger partial charge in [0.05, 0.1) is 11.4 Å². The Morgan fingerprint density at radius 2 is 2.15 bits per heavy atom. The Hall–Kier alpha value is -1.36. The van der Waals surface area contributed by atoms with Crippen LogP contribution in [0.15, 0.2) is 18.2 Å². The average molecular weight is 293 g/mol. The lowest BCUT2D eigenvalue weighted by Crippen LogP contribution is -2.45. The zero-order chi connectivity index (χ0) is 14.8. The number of carbonyl (C=O) groups is 1. The predicted octanol–water partition coefficient (Wildman–Crippen LogP) is 2.35. The van der Waals surface area contributed by atoms with Crippen LogP contribution >= 0.6 is 11.8 Å². The molecule has 0 bridgehead atoms. The van der Waals surface area contributed by atoms with Crippen molar-refractivity contribution in [3.05, 3.63) is 23.8 Å². The van der Waals surface area contributed by atoms with Crippen LogP contribution in [0.5, 0.6) is 0 Å². The fourth-order valence-corrected chi connectivity index (χ4v) is 3.38. The van der Waals surface area contributed by atoms with Crippen LogP contribution in [0.1, 0.15) is 29.6 Å². The maximum absolute atomic E-state index is 12.2. The molecule has 0 heterocycles. The second-order valence-corrected chi connectivity index (χ2v) is 6.87. The van der Waals surface area contributed by atoms with E-state index >= 15 is 0 Å². The van der Waals surface area contributed by atoms with Gasteiger partial charge in [0, 0.05) is 31.0 Å². The lowest BCUT2D eigenvalue weighted by molar-refractivity contribution is 0.0944. The van der Waals surface area contributed by atoms with Crippen LogP contribution in [-0.2, 0) is 0 Å². The molecule has 1 aliphatic carbocycles. The number of thioether (sulfide) groups is 1. The van der Waals surface area contributed by atoms with Gasteiger partial charge in [0.2, 0.25) is 0 Å². The summed E-state index contributed by atoms with van der Waals surface area (Å²) in [7, 11) is 3.87. The summed E-state index contributed by atoms with van der Waals surface area (Å²) in [5, 5.41) is 3.04. The maximum Gasteiger partial charge on any atom is 0.251 e. The molecule has 0 atom stereocenters. The van der Waals surface area contributed by atoms with Gasteiger partial charge in [-0.2, -0.15) is 11.8 Å². The van der Waals surface area contributed by atoms with Crippen molar-refractivity contribution in [2.75, 3.05) is 37.5 Å². The second-order valence-electron chi connectivity index (χ2n) is 5.59. The molecule has 2 rings (SSSR count). The molecular weight excluding hydrogens is 270 g/mol. The molecule has 0 saturated heterocycles. The van der Waals surface area contributed by atoms with E-state index in [4.69, 9.17) is 5.73 Å². The minimum Gasteiger partial charge on any atom is -0.397 e. The van der Waals surface area contributed by atoms with Crippen molar-refractivity contribution in [3.63, 3.8) is 0 Å². The van der Waals surface area contributed by atoms with Crippen molar-refractivity contribution < 1.29 is 4.79 Å². The van der Waals surface area contributed by atoms with E-state index < -0.39 is 0 Å². The summed E-state index contributed by atoms with van der Waals surface area (Å²) in [6.45, 7) is 0.738. The fraction of sp³-hybridized carbons (Fsp3) is 0.533. The normalized spacial score (nSPS) is 16.4. The van der Waals surface area contributed by atoms with Crippen LogP contribution in [0.25, 0.3) is 0 Å². The van der Waals surface area contributed by atoms with Crippen LogP contribution in [0.3, 0.4) is 0 Å². The number of hydrogen-bond acceptors (Lipinski definition) is 4. The Morgan fingerprint density at radius 3 is 2.60 bits per heavy atom. The van der Waals surface area contributed by atoms with Crippen molar-refractivity contribution in [1.82, 2.24) is 5.32 Å². The molecule has 0 unspecified atom stereocenters. The number of amides is 1. The van der Waals surface area contributed by atoms with Crippen molar-refractivity contribution in [2.45, 2.75) is 24.0 Å². The fourth-order valence-electron chi connectivity index (χ4n) is 2.47. The van der Waals surface area contributed by atoms with Gasteiger partial charge in [-0.3, -0.25) is 4.79 Å². The van der Waals surface area contributed by atoms with Crippen molar-refractivity contribution in [2.24, 2.45) is 0 Å². The molecule has 1 aromatic rings. The molecule has 1 saturated carbocycles. The molecule has 5 heteroatoms. The van der Waals surface area contributed by atoms with E-state index in [0.29, 0.717) is 11.3 Å². The lowest BCUT2D eigenvalue weighted by atomic mass is 9.84. The SMILES string of the molecule is CSC1(CNC(=O)c2ccc(N(C)C)c(N)c2)CCC1. The number of nitrogens with zero attached hydrogens (tertiary/aromatic N) is 1. The third-order valence-corrected chi connectivity index (χ3v) is 5.46. The van der Waals surface area contributed by atoms with Gasteiger partial charge in [0.15, 0.2) is 0 Å². The first-order valence-corrected chi connectivity index (χ1v) is 8.10. The highest BCUT2D eigenvalue weighted by Crippen LogP contribution is 2.42. The molecule has 3 N–H and O–H groups in total. The first-order valence-electron chi connectivity index (χ1n) is 6.88. The van der Waals surface area contributed by atoms with Gasteiger partial charge in [-0.1, -0.05) is 6.42 Å². The molecule has 0 radical (unpaired) electrons. The van der Waals surface area contributed by atoms with E-state index in [1.165, 1.54) is 19.3 Å². The average Bonchev–Trinajstić information content (AvgIpc) is 2.37. The number of carbonyl (C=O) groups excluding carboxylic acids is 1. The summed E-state index contributed by atoms with van der Waals surface area (Å²) in [6.07, 6.45) is 5.77. The summed E-state index contributed by atoms with van der Waals surface area (Å²) in [5.74, 6) is -0.0395. The van der Waals surface area contributed by atoms with Crippen LogP contribution in [0, 0.1) is 0 Å². The molecule has 20 heavy (non-hydrogen) atoms. The summed E-state index contributed by atoms with van der Waals surface area (Å²) in [4.78, 5) is 14.1. The third-order valence-electron chi connectivity index (χ3n) is 4.04. The van der Waals surface area contributed by atoms with Gasteiger partial charge in [0.1, 0.15) is 0 Å². The molecule has 4 nitrogen and oxygen atoms in total. The second kappa shape index (κ2) is 5.95. The highest BCUT2D eigenvalue weighted by molar-refractivity contribution is 8.00. The smallest absolute Gasteiger partial charge is 0.251 e. The van der Waals surface area contributed by atoms with E-state index in [1.54, 1.807) is 6.07 Å². The third kappa shape index (κ3) is 3.03. The molecule has 0 spiro atoms. The molecule has 110 valence electrons. The number of nitrogens with two attached hydrogens (primary N) is 1. The van der Waals surface area contributed by atoms with Crippen molar-refractivity contribution in [1.29, 1.82) is 0 Å². The van der Waals surface area contributed by atoms with Gasteiger partial charge in [0.25, 0.3) is 5.91 Å². The number of anilines is 2. The van der Waals surface area contributed by atoms with Gasteiger partial charge >= 0.3 is 0 Å². The maximum atomic E-state index is 12.2. The van der Waals surface area contributed by atoms with E-state index in [0.717, 1.165) is 12.2 Å². The molecule has 1 fully saturated rings. The highest BCUT2D eigenvalue weighted by atomic mass is 32.2. The van der Waals surface area contributed by atoms with Crippen molar-refractivity contribution in [3.8, 4) is 0 Å². The Bertz CT molecular complexity index is 492. The zero-order valence-corrected chi connectivity index (χ0v) is 13.2. The van der Waals surface area contributed by atoms with E-state index in [1.807, 2.05) is 42.9 Å². The van der Waals surface area contributed by atoms with Crippen LogP contribution in [0.2, 0.25) is 0 Å². The Balaban J connectivity index is 2.01. The molecule has 0 aliphatic heterocycles. The minimum atomic E-state index is -0.0395. The van der Waals surface area contributed by atoms with Crippen LogP contribution < -0.4 is 16.0 Å². The molecule has 1 amide bonds. The van der Waals surface area contributed by atoms with Crippen LogP contribution in [0.4, 0.5) is 11.4 Å². The van der Waals surface area contributed by atoms with E-state index in [2.05, 4.69) is 11.6 Å². The standard InChI is InChI=1S/C15H23N3OS/c1-18(2)13-6-5-11(9-12(13)16)14(19)17-10-15(20-3)7-4-8-15/h5-6,9H,4,7-8,10,16H2,1-3H3,(H,17,19). The Morgan fingerprint density at radius 1 is 1.45 bits per heavy atom. The highest BCUT2D eigenvalue weighted by Gasteiger charge is 2.36. The lowest BCUT2D eigenvalue weighted by Gasteiger charge is -2.40.